The summed E-state index contributed by atoms with van der Waals surface area (Å²) < 4.78 is 7.34. The number of rotatable bonds is 6. The topological polar surface area (TPSA) is 26.5 Å². The zero-order chi connectivity index (χ0) is 12.1. The normalized spacial score (nSPS) is 10.9. The highest BCUT2D eigenvalue weighted by Gasteiger charge is 2.05. The van der Waals surface area contributed by atoms with Crippen LogP contribution in [-0.2, 0) is 6.42 Å². The Balaban J connectivity index is 2.09. The summed E-state index contributed by atoms with van der Waals surface area (Å²) in [7, 11) is 1.69. The number of imidazole rings is 1. The van der Waals surface area contributed by atoms with Gasteiger partial charge in [0.25, 0.3) is 0 Å². The third-order valence-corrected chi connectivity index (χ3v) is 3.00. The lowest BCUT2D eigenvalue weighted by Gasteiger charge is -1.99. The van der Waals surface area contributed by atoms with Gasteiger partial charge in [0.05, 0.1) is 12.8 Å². The van der Waals surface area contributed by atoms with Gasteiger partial charge in [0.15, 0.2) is 11.4 Å². The van der Waals surface area contributed by atoms with E-state index in [9.17, 15) is 0 Å². The van der Waals surface area contributed by atoms with Gasteiger partial charge in [0, 0.05) is 12.4 Å². The molecule has 2 aromatic heterocycles. The molecule has 0 fully saturated rings. The molecule has 92 valence electrons. The van der Waals surface area contributed by atoms with Gasteiger partial charge in [0.1, 0.15) is 0 Å². The minimum atomic E-state index is 0.840. The molecule has 0 atom stereocenters. The summed E-state index contributed by atoms with van der Waals surface area (Å²) in [5.74, 6) is 0.840. The Morgan fingerprint density at radius 2 is 2.18 bits per heavy atom. The molecule has 0 saturated carbocycles. The van der Waals surface area contributed by atoms with Crippen LogP contribution in [0.1, 0.15) is 38.3 Å². The molecule has 0 N–H and O–H groups in total. The van der Waals surface area contributed by atoms with Crippen LogP contribution in [0.5, 0.6) is 5.75 Å². The van der Waals surface area contributed by atoms with E-state index in [0.717, 1.165) is 23.5 Å². The minimum Gasteiger partial charge on any atom is -0.493 e. The molecular formula is C14H20N2O. The van der Waals surface area contributed by atoms with Crippen molar-refractivity contribution in [1.29, 1.82) is 0 Å². The van der Waals surface area contributed by atoms with Crippen molar-refractivity contribution in [3.63, 3.8) is 0 Å². The van der Waals surface area contributed by atoms with Gasteiger partial charge in [-0.2, -0.15) is 0 Å². The predicted octanol–water partition coefficient (Wildman–Crippen LogP) is 3.47. The first-order chi connectivity index (χ1) is 8.35. The van der Waals surface area contributed by atoms with Crippen LogP contribution >= 0.6 is 0 Å². The highest BCUT2D eigenvalue weighted by Crippen LogP contribution is 2.19. The number of nitrogens with zero attached hydrogens (tertiary/aromatic N) is 2. The maximum Gasteiger partial charge on any atom is 0.179 e. The Morgan fingerprint density at radius 3 is 2.94 bits per heavy atom. The molecule has 0 aliphatic rings. The highest BCUT2D eigenvalue weighted by atomic mass is 16.5. The smallest absolute Gasteiger partial charge is 0.179 e. The first kappa shape index (κ1) is 12.0. The molecule has 0 aromatic carbocycles. The van der Waals surface area contributed by atoms with Gasteiger partial charge in [-0.3, -0.25) is 0 Å². The second-order valence-electron chi connectivity index (χ2n) is 4.35. The molecule has 0 amide bonds. The number of methoxy groups -OCH3 is 1. The number of aromatic nitrogens is 2. The van der Waals surface area contributed by atoms with Gasteiger partial charge in [0.2, 0.25) is 0 Å². The van der Waals surface area contributed by atoms with Crippen LogP contribution in [0.2, 0.25) is 0 Å². The fourth-order valence-electron chi connectivity index (χ4n) is 2.05. The molecule has 0 bridgehead atoms. The van der Waals surface area contributed by atoms with E-state index in [1.807, 2.05) is 22.7 Å². The van der Waals surface area contributed by atoms with Crippen molar-refractivity contribution in [2.45, 2.75) is 39.0 Å². The van der Waals surface area contributed by atoms with E-state index in [1.165, 1.54) is 25.7 Å². The number of ether oxygens (including phenoxy) is 1. The Kier molecular flexibility index (Phi) is 4.02. The van der Waals surface area contributed by atoms with Crippen molar-refractivity contribution >= 4 is 5.65 Å². The van der Waals surface area contributed by atoms with Crippen molar-refractivity contribution in [1.82, 2.24) is 9.38 Å². The van der Waals surface area contributed by atoms with E-state index in [-0.39, 0.29) is 0 Å². The van der Waals surface area contributed by atoms with E-state index in [1.54, 1.807) is 7.11 Å². The van der Waals surface area contributed by atoms with Gasteiger partial charge in [-0.1, -0.05) is 26.2 Å². The summed E-state index contributed by atoms with van der Waals surface area (Å²) in [6, 6.07) is 3.93. The standard InChI is InChI=1S/C14H20N2O/c1-3-4-5-6-8-12-11-16-10-7-9-13(17-2)14(16)15-12/h7,9-11H,3-6,8H2,1-2H3. The van der Waals surface area contributed by atoms with Crippen LogP contribution in [-0.4, -0.2) is 16.5 Å². The molecule has 2 rings (SSSR count). The fourth-order valence-corrected chi connectivity index (χ4v) is 2.05. The van der Waals surface area contributed by atoms with Crippen molar-refractivity contribution in [3.8, 4) is 5.75 Å². The summed E-state index contributed by atoms with van der Waals surface area (Å²) in [5.41, 5.74) is 2.08. The molecule has 17 heavy (non-hydrogen) atoms. The first-order valence-corrected chi connectivity index (χ1v) is 6.35. The van der Waals surface area contributed by atoms with E-state index < -0.39 is 0 Å². The van der Waals surface area contributed by atoms with E-state index in [4.69, 9.17) is 4.74 Å². The predicted molar refractivity (Wildman–Crippen MR) is 69.6 cm³/mol. The molecule has 2 heterocycles. The Morgan fingerprint density at radius 1 is 1.29 bits per heavy atom. The van der Waals surface area contributed by atoms with E-state index >= 15 is 0 Å². The van der Waals surface area contributed by atoms with Crippen LogP contribution in [0.4, 0.5) is 0 Å². The van der Waals surface area contributed by atoms with Crippen LogP contribution in [0.25, 0.3) is 5.65 Å². The lowest BCUT2D eigenvalue weighted by atomic mass is 10.1. The number of aryl methyl sites for hydroxylation is 1. The SMILES string of the molecule is CCCCCCc1cn2cccc(OC)c2n1. The fraction of sp³-hybridized carbons (Fsp3) is 0.500. The molecular weight excluding hydrogens is 212 g/mol. The van der Waals surface area contributed by atoms with Gasteiger partial charge >= 0.3 is 0 Å². The minimum absolute atomic E-state index is 0.840. The summed E-state index contributed by atoms with van der Waals surface area (Å²) in [6.07, 6.45) is 10.3. The highest BCUT2D eigenvalue weighted by molar-refractivity contribution is 5.54. The molecule has 0 aliphatic carbocycles. The number of hydrogen-bond acceptors (Lipinski definition) is 2. The molecule has 3 nitrogen and oxygen atoms in total. The van der Waals surface area contributed by atoms with Gasteiger partial charge < -0.3 is 9.14 Å². The van der Waals surface area contributed by atoms with Crippen molar-refractivity contribution in [2.24, 2.45) is 0 Å². The Hall–Kier alpha value is -1.51. The molecule has 0 radical (unpaired) electrons. The Bertz CT molecular complexity index is 476. The third kappa shape index (κ3) is 2.78. The maximum atomic E-state index is 5.30. The first-order valence-electron chi connectivity index (χ1n) is 6.35. The molecule has 0 aliphatic heterocycles. The average Bonchev–Trinajstić information content (AvgIpc) is 2.77. The quantitative estimate of drug-likeness (QED) is 0.713. The molecule has 0 spiro atoms. The summed E-state index contributed by atoms with van der Waals surface area (Å²) in [4.78, 5) is 4.62. The molecule has 2 aromatic rings. The second kappa shape index (κ2) is 5.71. The third-order valence-electron chi connectivity index (χ3n) is 3.00. The largest absolute Gasteiger partial charge is 0.493 e. The summed E-state index contributed by atoms with van der Waals surface area (Å²) >= 11 is 0. The van der Waals surface area contributed by atoms with E-state index in [2.05, 4.69) is 18.1 Å². The van der Waals surface area contributed by atoms with Gasteiger partial charge in [-0.05, 0) is 25.0 Å². The average molecular weight is 232 g/mol. The molecule has 0 unspecified atom stereocenters. The monoisotopic (exact) mass is 232 g/mol. The number of hydrogen-bond donors (Lipinski definition) is 0. The molecule has 0 saturated heterocycles. The second-order valence-corrected chi connectivity index (χ2v) is 4.35. The zero-order valence-electron chi connectivity index (χ0n) is 10.6. The summed E-state index contributed by atoms with van der Waals surface area (Å²) in [5, 5.41) is 0. The Labute approximate surface area is 102 Å². The van der Waals surface area contributed by atoms with Crippen LogP contribution in [0.3, 0.4) is 0 Å². The number of pyridine rings is 1. The number of fused-ring (bicyclic) bond motifs is 1. The lowest BCUT2D eigenvalue weighted by molar-refractivity contribution is 0.417. The molecule has 3 heteroatoms. The number of unbranched alkanes of at least 4 members (excludes halogenated alkanes) is 3. The van der Waals surface area contributed by atoms with Crippen LogP contribution in [0, 0.1) is 0 Å². The van der Waals surface area contributed by atoms with Crippen molar-refractivity contribution in [3.05, 3.63) is 30.2 Å². The maximum absolute atomic E-state index is 5.30. The van der Waals surface area contributed by atoms with Crippen molar-refractivity contribution < 1.29 is 4.74 Å². The van der Waals surface area contributed by atoms with Crippen molar-refractivity contribution in [2.75, 3.05) is 7.11 Å². The lowest BCUT2D eigenvalue weighted by Crippen LogP contribution is -1.88. The van der Waals surface area contributed by atoms with E-state index in [0.29, 0.717) is 0 Å². The van der Waals surface area contributed by atoms with Gasteiger partial charge in [-0.25, -0.2) is 4.98 Å². The summed E-state index contributed by atoms with van der Waals surface area (Å²) in [6.45, 7) is 2.23. The van der Waals surface area contributed by atoms with Crippen LogP contribution < -0.4 is 4.74 Å². The van der Waals surface area contributed by atoms with Crippen LogP contribution in [0.15, 0.2) is 24.5 Å². The van der Waals surface area contributed by atoms with Gasteiger partial charge in [-0.15, -0.1) is 0 Å². The zero-order valence-corrected chi connectivity index (χ0v) is 10.6.